The maximum absolute atomic E-state index is 5.97. The van der Waals surface area contributed by atoms with Gasteiger partial charge in [0.2, 0.25) is 0 Å². The standard InChI is InChI=1S/C18H18N2O/c1-13(19)16-6-2-3-7-18(16)21-12-14-8-9-17-15(11-14)5-4-10-20-17/h2-11,13H,12,19H2,1H3. The molecule has 3 aromatic rings. The van der Waals surface area contributed by atoms with Crippen LogP contribution in [0.5, 0.6) is 5.75 Å². The number of rotatable bonds is 4. The number of nitrogens with two attached hydrogens (primary N) is 1. The second-order valence-electron chi connectivity index (χ2n) is 5.15. The largest absolute Gasteiger partial charge is 0.489 e. The van der Waals surface area contributed by atoms with Crippen molar-refractivity contribution in [2.24, 2.45) is 5.73 Å². The highest BCUT2D eigenvalue weighted by Crippen LogP contribution is 2.24. The number of benzene rings is 2. The van der Waals surface area contributed by atoms with Crippen LogP contribution in [0.3, 0.4) is 0 Å². The average molecular weight is 278 g/mol. The van der Waals surface area contributed by atoms with Crippen LogP contribution in [-0.4, -0.2) is 4.98 Å². The summed E-state index contributed by atoms with van der Waals surface area (Å²) in [4.78, 5) is 4.32. The SMILES string of the molecule is CC(N)c1ccccc1OCc1ccc2ncccc2c1. The quantitative estimate of drug-likeness (QED) is 0.789. The van der Waals surface area contributed by atoms with E-state index >= 15 is 0 Å². The number of aromatic nitrogens is 1. The van der Waals surface area contributed by atoms with E-state index in [-0.39, 0.29) is 6.04 Å². The fourth-order valence-electron chi connectivity index (χ4n) is 2.36. The molecule has 0 aliphatic carbocycles. The topological polar surface area (TPSA) is 48.1 Å². The Morgan fingerprint density at radius 1 is 1.10 bits per heavy atom. The van der Waals surface area contributed by atoms with Crippen molar-refractivity contribution < 1.29 is 4.74 Å². The predicted octanol–water partition coefficient (Wildman–Crippen LogP) is 3.83. The molecule has 106 valence electrons. The molecule has 3 rings (SSSR count). The van der Waals surface area contributed by atoms with Crippen molar-refractivity contribution in [3.05, 3.63) is 71.9 Å². The van der Waals surface area contributed by atoms with E-state index in [0.717, 1.165) is 27.8 Å². The Labute approximate surface area is 124 Å². The summed E-state index contributed by atoms with van der Waals surface area (Å²) in [6, 6.07) is 18.0. The third kappa shape index (κ3) is 3.03. The van der Waals surface area contributed by atoms with Crippen molar-refractivity contribution in [1.82, 2.24) is 4.98 Å². The van der Waals surface area contributed by atoms with Crippen molar-refractivity contribution in [3.8, 4) is 5.75 Å². The summed E-state index contributed by atoms with van der Waals surface area (Å²) < 4.78 is 5.93. The minimum absolute atomic E-state index is 0.0398. The van der Waals surface area contributed by atoms with Crippen LogP contribution >= 0.6 is 0 Å². The Hall–Kier alpha value is -2.39. The van der Waals surface area contributed by atoms with E-state index in [2.05, 4.69) is 17.1 Å². The molecular formula is C18H18N2O. The zero-order valence-corrected chi connectivity index (χ0v) is 12.0. The van der Waals surface area contributed by atoms with Crippen LogP contribution in [0.15, 0.2) is 60.8 Å². The number of hydrogen-bond donors (Lipinski definition) is 1. The second kappa shape index (κ2) is 5.94. The molecule has 21 heavy (non-hydrogen) atoms. The molecule has 0 bridgehead atoms. The van der Waals surface area contributed by atoms with E-state index in [0.29, 0.717) is 6.61 Å². The van der Waals surface area contributed by atoms with Crippen molar-refractivity contribution in [2.75, 3.05) is 0 Å². The van der Waals surface area contributed by atoms with E-state index in [1.807, 2.05) is 49.4 Å². The summed E-state index contributed by atoms with van der Waals surface area (Å²) in [5, 5.41) is 1.12. The van der Waals surface area contributed by atoms with Crippen LogP contribution < -0.4 is 10.5 Å². The maximum atomic E-state index is 5.97. The number of nitrogens with zero attached hydrogens (tertiary/aromatic N) is 1. The van der Waals surface area contributed by atoms with Gasteiger partial charge < -0.3 is 10.5 Å². The van der Waals surface area contributed by atoms with Gasteiger partial charge in [-0.2, -0.15) is 0 Å². The van der Waals surface area contributed by atoms with Crippen LogP contribution in [0.2, 0.25) is 0 Å². The first kappa shape index (κ1) is 13.6. The summed E-state index contributed by atoms with van der Waals surface area (Å²) in [5.41, 5.74) is 9.12. The third-order valence-electron chi connectivity index (χ3n) is 3.47. The van der Waals surface area contributed by atoms with Crippen molar-refractivity contribution in [3.63, 3.8) is 0 Å². The van der Waals surface area contributed by atoms with Gasteiger partial charge in [-0.25, -0.2) is 0 Å². The van der Waals surface area contributed by atoms with Gasteiger partial charge in [0.05, 0.1) is 5.52 Å². The first-order valence-corrected chi connectivity index (χ1v) is 7.05. The molecule has 0 spiro atoms. The van der Waals surface area contributed by atoms with Gasteiger partial charge in [-0.05, 0) is 36.8 Å². The predicted molar refractivity (Wildman–Crippen MR) is 85.1 cm³/mol. The Morgan fingerprint density at radius 3 is 2.81 bits per heavy atom. The van der Waals surface area contributed by atoms with E-state index in [1.165, 1.54) is 0 Å². The van der Waals surface area contributed by atoms with E-state index in [1.54, 1.807) is 6.20 Å². The van der Waals surface area contributed by atoms with Crippen molar-refractivity contribution >= 4 is 10.9 Å². The minimum atomic E-state index is -0.0398. The highest BCUT2D eigenvalue weighted by Gasteiger charge is 2.07. The van der Waals surface area contributed by atoms with Crippen LogP contribution in [0, 0.1) is 0 Å². The second-order valence-corrected chi connectivity index (χ2v) is 5.15. The van der Waals surface area contributed by atoms with Gasteiger partial charge >= 0.3 is 0 Å². The Kier molecular flexibility index (Phi) is 3.84. The number of ether oxygens (including phenoxy) is 1. The molecule has 0 radical (unpaired) electrons. The van der Waals surface area contributed by atoms with Gasteiger partial charge in [-0.3, -0.25) is 4.98 Å². The molecule has 0 amide bonds. The molecule has 3 heteroatoms. The molecule has 3 nitrogen and oxygen atoms in total. The lowest BCUT2D eigenvalue weighted by molar-refractivity contribution is 0.301. The molecule has 1 unspecified atom stereocenters. The zero-order valence-electron chi connectivity index (χ0n) is 12.0. The molecule has 0 saturated heterocycles. The van der Waals surface area contributed by atoms with Gasteiger partial charge in [0.1, 0.15) is 12.4 Å². The van der Waals surface area contributed by atoms with Crippen LogP contribution in [0.1, 0.15) is 24.1 Å². The molecule has 2 aromatic carbocycles. The molecular weight excluding hydrogens is 260 g/mol. The first-order valence-electron chi connectivity index (χ1n) is 7.05. The molecule has 1 atom stereocenters. The summed E-state index contributed by atoms with van der Waals surface area (Å²) in [7, 11) is 0. The fraction of sp³-hybridized carbons (Fsp3) is 0.167. The normalized spacial score (nSPS) is 12.3. The zero-order chi connectivity index (χ0) is 14.7. The van der Waals surface area contributed by atoms with E-state index < -0.39 is 0 Å². The molecule has 1 heterocycles. The monoisotopic (exact) mass is 278 g/mol. The summed E-state index contributed by atoms with van der Waals surface area (Å²) in [6.45, 7) is 2.48. The number of hydrogen-bond acceptors (Lipinski definition) is 3. The fourth-order valence-corrected chi connectivity index (χ4v) is 2.36. The lowest BCUT2D eigenvalue weighted by atomic mass is 10.1. The highest BCUT2D eigenvalue weighted by atomic mass is 16.5. The van der Waals surface area contributed by atoms with Gasteiger partial charge in [-0.1, -0.05) is 30.3 Å². The van der Waals surface area contributed by atoms with Gasteiger partial charge in [0, 0.05) is 23.2 Å². The van der Waals surface area contributed by atoms with Gasteiger partial charge in [0.25, 0.3) is 0 Å². The van der Waals surface area contributed by atoms with Crippen LogP contribution in [0.4, 0.5) is 0 Å². The molecule has 0 saturated carbocycles. The number of pyridine rings is 1. The highest BCUT2D eigenvalue weighted by molar-refractivity contribution is 5.78. The molecule has 1 aromatic heterocycles. The summed E-state index contributed by atoms with van der Waals surface area (Å²) >= 11 is 0. The van der Waals surface area contributed by atoms with Crippen LogP contribution in [0.25, 0.3) is 10.9 Å². The first-order chi connectivity index (χ1) is 10.2. The lowest BCUT2D eigenvalue weighted by Crippen LogP contribution is -2.07. The van der Waals surface area contributed by atoms with Crippen molar-refractivity contribution in [2.45, 2.75) is 19.6 Å². The number of fused-ring (bicyclic) bond motifs is 1. The minimum Gasteiger partial charge on any atom is -0.489 e. The Morgan fingerprint density at radius 2 is 1.95 bits per heavy atom. The smallest absolute Gasteiger partial charge is 0.124 e. The van der Waals surface area contributed by atoms with Crippen molar-refractivity contribution in [1.29, 1.82) is 0 Å². The Bertz CT molecular complexity index is 753. The molecule has 0 aliphatic heterocycles. The number of para-hydroxylation sites is 1. The molecule has 0 fully saturated rings. The average Bonchev–Trinajstić information content (AvgIpc) is 2.53. The third-order valence-corrected chi connectivity index (χ3v) is 3.47. The van der Waals surface area contributed by atoms with Gasteiger partial charge in [-0.15, -0.1) is 0 Å². The maximum Gasteiger partial charge on any atom is 0.124 e. The summed E-state index contributed by atoms with van der Waals surface area (Å²) in [6.07, 6.45) is 1.80. The summed E-state index contributed by atoms with van der Waals surface area (Å²) in [5.74, 6) is 0.846. The van der Waals surface area contributed by atoms with E-state index in [9.17, 15) is 0 Å². The molecule has 2 N–H and O–H groups in total. The van der Waals surface area contributed by atoms with E-state index in [4.69, 9.17) is 10.5 Å². The van der Waals surface area contributed by atoms with Crippen LogP contribution in [-0.2, 0) is 6.61 Å². The molecule has 0 aliphatic rings. The lowest BCUT2D eigenvalue weighted by Gasteiger charge is -2.14. The van der Waals surface area contributed by atoms with Gasteiger partial charge in [0.15, 0.2) is 0 Å². The Balaban J connectivity index is 1.80.